The van der Waals surface area contributed by atoms with Crippen molar-refractivity contribution in [3.05, 3.63) is 51.9 Å². The highest BCUT2D eigenvalue weighted by Gasteiger charge is 2.27. The lowest BCUT2D eigenvalue weighted by atomic mass is 10.1. The normalized spacial score (nSPS) is 13.3. The maximum absolute atomic E-state index is 12.6. The number of hydrogen-bond donors (Lipinski definition) is 3. The Kier molecular flexibility index (Phi) is 4.79. The molecular weight excluding hydrogens is 328 g/mol. The molecule has 0 unspecified atom stereocenters. The summed E-state index contributed by atoms with van der Waals surface area (Å²) in [5.41, 5.74) is 18.1. The van der Waals surface area contributed by atoms with Crippen LogP contribution in [0, 0.1) is 6.92 Å². The van der Waals surface area contributed by atoms with Gasteiger partial charge in [0.2, 0.25) is 5.95 Å². The largest absolute Gasteiger partial charge is 0.383 e. The molecule has 3 aromatic rings. The van der Waals surface area contributed by atoms with Crippen molar-refractivity contribution in [3.8, 4) is 0 Å². The molecule has 7 nitrogen and oxygen atoms in total. The Labute approximate surface area is 151 Å². The summed E-state index contributed by atoms with van der Waals surface area (Å²) >= 11 is 0. The van der Waals surface area contributed by atoms with Gasteiger partial charge >= 0.3 is 0 Å². The topological polar surface area (TPSA) is 126 Å². The van der Waals surface area contributed by atoms with Gasteiger partial charge in [-0.25, -0.2) is 0 Å². The summed E-state index contributed by atoms with van der Waals surface area (Å²) in [4.78, 5) is 19.8. The number of benzene rings is 1. The zero-order valence-corrected chi connectivity index (χ0v) is 15.1. The summed E-state index contributed by atoms with van der Waals surface area (Å²) in [6, 6.07) is 10.2. The third-order valence-electron chi connectivity index (χ3n) is 4.43. The minimum absolute atomic E-state index is 0.104. The molecule has 6 N–H and O–H groups in total. The van der Waals surface area contributed by atoms with Gasteiger partial charge in [-0.15, -0.1) is 0 Å². The van der Waals surface area contributed by atoms with Gasteiger partial charge in [-0.2, -0.15) is 9.97 Å². The lowest BCUT2D eigenvalue weighted by Crippen LogP contribution is -2.23. The van der Waals surface area contributed by atoms with Gasteiger partial charge in [0.05, 0.1) is 5.39 Å². The third-order valence-corrected chi connectivity index (χ3v) is 4.43. The Bertz CT molecular complexity index is 956. The van der Waals surface area contributed by atoms with Gasteiger partial charge in [-0.3, -0.25) is 4.79 Å². The predicted molar refractivity (Wildman–Crippen MR) is 106 cm³/mol. The molecule has 1 fully saturated rings. The molecular formula is C19H24N6O. The number of hydrogen-bond acceptors (Lipinski definition) is 6. The number of rotatable bonds is 2. The molecule has 4 rings (SSSR count). The van der Waals surface area contributed by atoms with Crippen molar-refractivity contribution in [3.63, 3.8) is 0 Å². The Balaban J connectivity index is 0.000000185. The smallest absolute Gasteiger partial charge is 0.259 e. The molecule has 0 radical (unpaired) electrons. The van der Waals surface area contributed by atoms with Crippen LogP contribution in [-0.4, -0.2) is 14.5 Å². The molecule has 136 valence electrons. The second-order valence-electron chi connectivity index (χ2n) is 6.51. The minimum Gasteiger partial charge on any atom is -0.383 e. The molecule has 1 aliphatic carbocycles. The SMILES string of the molecule is CCc1cc2cccc(C)c2c(=O)n1C1CC1.Nc1cc(N)nc(N)n1. The van der Waals surface area contributed by atoms with E-state index in [9.17, 15) is 4.79 Å². The van der Waals surface area contributed by atoms with Crippen molar-refractivity contribution >= 4 is 28.4 Å². The molecule has 0 bridgehead atoms. The van der Waals surface area contributed by atoms with Crippen LogP contribution in [0.1, 0.15) is 37.1 Å². The van der Waals surface area contributed by atoms with E-state index in [1.54, 1.807) is 0 Å². The molecule has 2 heterocycles. The van der Waals surface area contributed by atoms with E-state index in [1.165, 1.54) is 11.8 Å². The standard InChI is InChI=1S/C15H17NO.C4H7N5/c1-3-12-9-11-6-4-5-10(2)14(11)15(17)16(12)13-7-8-13;5-2-1-3(6)9-4(7)8-2/h4-6,9,13H,3,7-8H2,1-2H3;1H,(H6,5,6,7,8,9). The van der Waals surface area contributed by atoms with Crippen LogP contribution < -0.4 is 22.8 Å². The second-order valence-corrected chi connectivity index (χ2v) is 6.51. The average Bonchev–Trinajstić information content (AvgIpc) is 3.38. The molecule has 26 heavy (non-hydrogen) atoms. The van der Waals surface area contributed by atoms with Crippen LogP contribution >= 0.6 is 0 Å². The van der Waals surface area contributed by atoms with Gasteiger partial charge in [0.1, 0.15) is 11.6 Å². The molecule has 1 saturated carbocycles. The van der Waals surface area contributed by atoms with Crippen molar-refractivity contribution in [1.29, 1.82) is 0 Å². The molecule has 7 heteroatoms. The fourth-order valence-electron chi connectivity index (χ4n) is 3.11. The van der Waals surface area contributed by atoms with Crippen LogP contribution in [0.5, 0.6) is 0 Å². The number of nitrogens with two attached hydrogens (primary N) is 3. The van der Waals surface area contributed by atoms with Crippen LogP contribution in [-0.2, 0) is 6.42 Å². The Morgan fingerprint density at radius 3 is 2.31 bits per heavy atom. The highest BCUT2D eigenvalue weighted by molar-refractivity contribution is 5.85. The highest BCUT2D eigenvalue weighted by atomic mass is 16.1. The number of anilines is 3. The quantitative estimate of drug-likeness (QED) is 0.650. The zero-order chi connectivity index (χ0) is 18.8. The molecule has 0 atom stereocenters. The Hall–Kier alpha value is -3.09. The van der Waals surface area contributed by atoms with Gasteiger partial charge in [-0.1, -0.05) is 25.1 Å². The molecule has 1 aliphatic rings. The van der Waals surface area contributed by atoms with Crippen LogP contribution in [0.25, 0.3) is 10.8 Å². The summed E-state index contributed by atoms with van der Waals surface area (Å²) in [6.45, 7) is 4.14. The minimum atomic E-state index is 0.104. The van der Waals surface area contributed by atoms with Gasteiger partial charge in [0.25, 0.3) is 5.56 Å². The summed E-state index contributed by atoms with van der Waals surface area (Å²) in [5, 5.41) is 1.99. The maximum Gasteiger partial charge on any atom is 0.259 e. The molecule has 0 aliphatic heterocycles. The Morgan fingerprint density at radius 2 is 1.77 bits per heavy atom. The maximum atomic E-state index is 12.6. The predicted octanol–water partition coefficient (Wildman–Crippen LogP) is 2.43. The van der Waals surface area contributed by atoms with Crippen molar-refractivity contribution in [2.75, 3.05) is 17.2 Å². The average molecular weight is 352 g/mol. The molecule has 2 aromatic heterocycles. The first-order chi connectivity index (χ1) is 12.4. The number of aromatic nitrogens is 3. The number of aryl methyl sites for hydroxylation is 2. The van der Waals surface area contributed by atoms with Crippen molar-refractivity contribution < 1.29 is 0 Å². The number of fused-ring (bicyclic) bond motifs is 1. The second kappa shape index (κ2) is 7.03. The van der Waals surface area contributed by atoms with E-state index < -0.39 is 0 Å². The first-order valence-electron chi connectivity index (χ1n) is 8.70. The first kappa shape index (κ1) is 17.7. The lowest BCUT2D eigenvalue weighted by molar-refractivity contribution is 0.670. The summed E-state index contributed by atoms with van der Waals surface area (Å²) < 4.78 is 2.02. The van der Waals surface area contributed by atoms with Crippen molar-refractivity contribution in [2.45, 2.75) is 39.2 Å². The summed E-state index contributed by atoms with van der Waals surface area (Å²) in [7, 11) is 0. The van der Waals surface area contributed by atoms with Gasteiger partial charge in [0, 0.05) is 17.8 Å². The molecule has 0 spiro atoms. The third kappa shape index (κ3) is 3.61. The number of nitrogen functional groups attached to an aromatic ring is 3. The van der Waals surface area contributed by atoms with Crippen molar-refractivity contribution in [1.82, 2.24) is 14.5 Å². The van der Waals surface area contributed by atoms with E-state index in [4.69, 9.17) is 17.2 Å². The van der Waals surface area contributed by atoms with E-state index in [1.807, 2.05) is 29.7 Å². The fraction of sp³-hybridized carbons (Fsp3) is 0.316. The van der Waals surface area contributed by atoms with Crippen LogP contribution in [0.3, 0.4) is 0 Å². The van der Waals surface area contributed by atoms with E-state index in [0.29, 0.717) is 17.7 Å². The lowest BCUT2D eigenvalue weighted by Gasteiger charge is -2.13. The first-order valence-corrected chi connectivity index (χ1v) is 8.70. The van der Waals surface area contributed by atoms with Crippen LogP contribution in [0.4, 0.5) is 17.6 Å². The van der Waals surface area contributed by atoms with Gasteiger partial charge < -0.3 is 21.8 Å². The monoisotopic (exact) mass is 352 g/mol. The van der Waals surface area contributed by atoms with Gasteiger partial charge in [0.15, 0.2) is 0 Å². The van der Waals surface area contributed by atoms with Crippen LogP contribution in [0.2, 0.25) is 0 Å². The van der Waals surface area contributed by atoms with E-state index in [-0.39, 0.29) is 11.5 Å². The number of pyridine rings is 1. The summed E-state index contributed by atoms with van der Waals surface area (Å²) in [6.07, 6.45) is 3.24. The number of nitrogens with zero attached hydrogens (tertiary/aromatic N) is 3. The molecule has 1 aromatic carbocycles. The highest BCUT2D eigenvalue weighted by Crippen LogP contribution is 2.35. The molecule has 0 amide bonds. The van der Waals surface area contributed by atoms with E-state index >= 15 is 0 Å². The van der Waals surface area contributed by atoms with E-state index in [0.717, 1.165) is 35.6 Å². The molecule has 0 saturated heterocycles. The van der Waals surface area contributed by atoms with Gasteiger partial charge in [-0.05, 0) is 43.2 Å². The Morgan fingerprint density at radius 1 is 1.12 bits per heavy atom. The fourth-order valence-corrected chi connectivity index (χ4v) is 3.11. The van der Waals surface area contributed by atoms with Crippen LogP contribution in [0.15, 0.2) is 35.1 Å². The van der Waals surface area contributed by atoms with Crippen molar-refractivity contribution in [2.24, 2.45) is 0 Å². The summed E-state index contributed by atoms with van der Waals surface area (Å²) in [5.74, 6) is 0.688. The van der Waals surface area contributed by atoms with E-state index in [2.05, 4.69) is 23.0 Å². The zero-order valence-electron chi connectivity index (χ0n) is 15.1.